The molecule has 0 aliphatic rings. The van der Waals surface area contributed by atoms with Gasteiger partial charge in [0.2, 0.25) is 0 Å². The Bertz CT molecular complexity index is 570. The molecule has 0 saturated carbocycles. The molecule has 0 saturated heterocycles. The summed E-state index contributed by atoms with van der Waals surface area (Å²) in [5.41, 5.74) is 7.42. The summed E-state index contributed by atoms with van der Waals surface area (Å²) < 4.78 is 5.15. The third kappa shape index (κ3) is 3.77. The standard InChI is InChI=1S/C14H13ClN2O2/c15-12-3-1-2-10(6-12)9-19-14(18)13-5-4-11(7-16)8-17-13/h1-6,8H,7,9,16H2. The zero-order valence-corrected chi connectivity index (χ0v) is 10.9. The van der Waals surface area contributed by atoms with Crippen LogP contribution in [0.3, 0.4) is 0 Å². The molecule has 2 rings (SSSR count). The summed E-state index contributed by atoms with van der Waals surface area (Å²) in [4.78, 5) is 15.8. The van der Waals surface area contributed by atoms with Crippen molar-refractivity contribution in [2.24, 2.45) is 5.73 Å². The predicted octanol–water partition coefficient (Wildman–Crippen LogP) is 2.55. The van der Waals surface area contributed by atoms with Gasteiger partial charge in [-0.1, -0.05) is 29.8 Å². The van der Waals surface area contributed by atoms with Crippen LogP contribution in [0, 0.1) is 0 Å². The van der Waals surface area contributed by atoms with Crippen LogP contribution in [-0.2, 0) is 17.9 Å². The fourth-order valence-electron chi connectivity index (χ4n) is 1.52. The van der Waals surface area contributed by atoms with Crippen LogP contribution in [0.1, 0.15) is 21.6 Å². The topological polar surface area (TPSA) is 65.2 Å². The second-order valence-electron chi connectivity index (χ2n) is 3.96. The lowest BCUT2D eigenvalue weighted by Crippen LogP contribution is -2.08. The van der Waals surface area contributed by atoms with E-state index in [1.165, 1.54) is 0 Å². The molecule has 4 nitrogen and oxygen atoms in total. The lowest BCUT2D eigenvalue weighted by Gasteiger charge is -2.05. The molecule has 0 bridgehead atoms. The van der Waals surface area contributed by atoms with Gasteiger partial charge >= 0.3 is 5.97 Å². The molecule has 0 radical (unpaired) electrons. The third-order valence-electron chi connectivity index (χ3n) is 2.53. The van der Waals surface area contributed by atoms with Crippen LogP contribution in [0.2, 0.25) is 5.02 Å². The number of carbonyl (C=O) groups excluding carboxylic acids is 1. The Labute approximate surface area is 116 Å². The van der Waals surface area contributed by atoms with Crippen molar-refractivity contribution in [3.63, 3.8) is 0 Å². The number of hydrogen-bond acceptors (Lipinski definition) is 4. The fraction of sp³-hybridized carbons (Fsp3) is 0.143. The number of ether oxygens (including phenoxy) is 1. The fourth-order valence-corrected chi connectivity index (χ4v) is 1.73. The summed E-state index contributed by atoms with van der Waals surface area (Å²) in [6, 6.07) is 10.5. The molecular weight excluding hydrogens is 264 g/mol. The van der Waals surface area contributed by atoms with E-state index < -0.39 is 5.97 Å². The highest BCUT2D eigenvalue weighted by molar-refractivity contribution is 6.30. The van der Waals surface area contributed by atoms with Crippen molar-refractivity contribution in [2.45, 2.75) is 13.2 Å². The van der Waals surface area contributed by atoms with Crippen molar-refractivity contribution >= 4 is 17.6 Å². The third-order valence-corrected chi connectivity index (χ3v) is 2.76. The van der Waals surface area contributed by atoms with Crippen molar-refractivity contribution in [1.29, 1.82) is 0 Å². The van der Waals surface area contributed by atoms with Crippen LogP contribution in [0.15, 0.2) is 42.6 Å². The molecule has 0 unspecified atom stereocenters. The van der Waals surface area contributed by atoms with Gasteiger partial charge in [0.25, 0.3) is 0 Å². The number of halogens is 1. The summed E-state index contributed by atoms with van der Waals surface area (Å²) in [6.07, 6.45) is 1.57. The maximum absolute atomic E-state index is 11.8. The number of benzene rings is 1. The summed E-state index contributed by atoms with van der Waals surface area (Å²) in [6.45, 7) is 0.560. The van der Waals surface area contributed by atoms with Crippen LogP contribution in [0.25, 0.3) is 0 Å². The van der Waals surface area contributed by atoms with Gasteiger partial charge in [-0.15, -0.1) is 0 Å². The van der Waals surface area contributed by atoms with Gasteiger partial charge in [-0.2, -0.15) is 0 Å². The summed E-state index contributed by atoms with van der Waals surface area (Å²) in [5.74, 6) is -0.469. The first kappa shape index (κ1) is 13.5. The van der Waals surface area contributed by atoms with Gasteiger partial charge in [0.15, 0.2) is 0 Å². The molecule has 0 fully saturated rings. The Morgan fingerprint density at radius 3 is 2.74 bits per heavy atom. The normalized spacial score (nSPS) is 10.2. The maximum Gasteiger partial charge on any atom is 0.357 e. The molecule has 0 aliphatic carbocycles. The molecule has 0 aliphatic heterocycles. The predicted molar refractivity (Wildman–Crippen MR) is 72.7 cm³/mol. The second kappa shape index (κ2) is 6.31. The Balaban J connectivity index is 1.97. The van der Waals surface area contributed by atoms with Crippen LogP contribution in [0.4, 0.5) is 0 Å². The number of pyridine rings is 1. The molecule has 0 spiro atoms. The largest absolute Gasteiger partial charge is 0.456 e. The molecule has 5 heteroatoms. The zero-order chi connectivity index (χ0) is 13.7. The van der Waals surface area contributed by atoms with Crippen LogP contribution in [0.5, 0.6) is 0 Å². The maximum atomic E-state index is 11.8. The number of esters is 1. The Kier molecular flexibility index (Phi) is 4.49. The van der Waals surface area contributed by atoms with Gasteiger partial charge in [0, 0.05) is 17.8 Å². The van der Waals surface area contributed by atoms with E-state index in [1.807, 2.05) is 6.07 Å². The average molecular weight is 277 g/mol. The summed E-state index contributed by atoms with van der Waals surface area (Å²) in [5, 5.41) is 0.610. The number of nitrogens with zero attached hydrogens (tertiary/aromatic N) is 1. The van der Waals surface area contributed by atoms with Crippen molar-refractivity contribution in [3.8, 4) is 0 Å². The highest BCUT2D eigenvalue weighted by atomic mass is 35.5. The number of hydrogen-bond donors (Lipinski definition) is 1. The van der Waals surface area contributed by atoms with E-state index >= 15 is 0 Å². The molecule has 2 N–H and O–H groups in total. The number of carbonyl (C=O) groups is 1. The van der Waals surface area contributed by atoms with Gasteiger partial charge in [-0.05, 0) is 29.3 Å². The van der Waals surface area contributed by atoms with E-state index in [4.69, 9.17) is 22.1 Å². The summed E-state index contributed by atoms with van der Waals surface area (Å²) >= 11 is 5.85. The average Bonchev–Trinajstić information content (AvgIpc) is 2.45. The van der Waals surface area contributed by atoms with E-state index in [0.29, 0.717) is 11.6 Å². The molecule has 0 atom stereocenters. The molecule has 1 aromatic carbocycles. The second-order valence-corrected chi connectivity index (χ2v) is 4.40. The first-order valence-corrected chi connectivity index (χ1v) is 6.13. The molecular formula is C14H13ClN2O2. The molecule has 1 heterocycles. The minimum absolute atomic E-state index is 0.166. The van der Waals surface area contributed by atoms with Gasteiger partial charge in [0.05, 0.1) is 0 Å². The zero-order valence-electron chi connectivity index (χ0n) is 10.2. The molecule has 98 valence electrons. The van der Waals surface area contributed by atoms with Crippen LogP contribution < -0.4 is 5.73 Å². The lowest BCUT2D eigenvalue weighted by molar-refractivity contribution is 0.0465. The molecule has 0 amide bonds. The lowest BCUT2D eigenvalue weighted by atomic mass is 10.2. The van der Waals surface area contributed by atoms with Crippen LogP contribution in [-0.4, -0.2) is 11.0 Å². The Hall–Kier alpha value is -1.91. The van der Waals surface area contributed by atoms with Crippen LogP contribution >= 0.6 is 11.6 Å². The van der Waals surface area contributed by atoms with Gasteiger partial charge in [0.1, 0.15) is 12.3 Å². The Morgan fingerprint density at radius 1 is 1.26 bits per heavy atom. The van der Waals surface area contributed by atoms with E-state index in [2.05, 4.69) is 4.98 Å². The monoisotopic (exact) mass is 276 g/mol. The smallest absolute Gasteiger partial charge is 0.357 e. The highest BCUT2D eigenvalue weighted by Crippen LogP contribution is 2.12. The quantitative estimate of drug-likeness (QED) is 0.872. The first-order chi connectivity index (χ1) is 9.19. The van der Waals surface area contributed by atoms with Crippen molar-refractivity contribution in [2.75, 3.05) is 0 Å². The minimum Gasteiger partial charge on any atom is -0.456 e. The minimum atomic E-state index is -0.469. The molecule has 2 aromatic rings. The highest BCUT2D eigenvalue weighted by Gasteiger charge is 2.08. The van der Waals surface area contributed by atoms with E-state index in [-0.39, 0.29) is 12.3 Å². The van der Waals surface area contributed by atoms with Gasteiger partial charge in [-0.3, -0.25) is 0 Å². The Morgan fingerprint density at radius 2 is 2.11 bits per heavy atom. The van der Waals surface area contributed by atoms with Crippen molar-refractivity contribution in [3.05, 3.63) is 64.4 Å². The summed E-state index contributed by atoms with van der Waals surface area (Å²) in [7, 11) is 0. The molecule has 19 heavy (non-hydrogen) atoms. The van der Waals surface area contributed by atoms with Crippen molar-refractivity contribution in [1.82, 2.24) is 4.98 Å². The SMILES string of the molecule is NCc1ccc(C(=O)OCc2cccc(Cl)c2)nc1. The van der Waals surface area contributed by atoms with Gasteiger partial charge in [-0.25, -0.2) is 9.78 Å². The number of nitrogens with two attached hydrogens (primary N) is 1. The molecule has 1 aromatic heterocycles. The first-order valence-electron chi connectivity index (χ1n) is 5.75. The van der Waals surface area contributed by atoms with E-state index in [1.54, 1.807) is 36.5 Å². The van der Waals surface area contributed by atoms with E-state index in [0.717, 1.165) is 11.1 Å². The van der Waals surface area contributed by atoms with Crippen molar-refractivity contribution < 1.29 is 9.53 Å². The number of rotatable bonds is 4. The van der Waals surface area contributed by atoms with E-state index in [9.17, 15) is 4.79 Å². The van der Waals surface area contributed by atoms with Gasteiger partial charge < -0.3 is 10.5 Å². The number of aromatic nitrogens is 1.